The number of hydrogen-bond donors (Lipinski definition) is 2. The Morgan fingerprint density at radius 2 is 1.76 bits per heavy atom. The molecule has 0 saturated carbocycles. The lowest BCUT2D eigenvalue weighted by Crippen LogP contribution is -2.50. The van der Waals surface area contributed by atoms with Gasteiger partial charge >= 0.3 is 0 Å². The molecule has 0 unspecified atom stereocenters. The van der Waals surface area contributed by atoms with Gasteiger partial charge in [-0.15, -0.1) is 0 Å². The molecule has 0 aliphatic rings. The van der Waals surface area contributed by atoms with E-state index in [9.17, 15) is 9.59 Å². The molecule has 0 aliphatic carbocycles. The lowest BCUT2D eigenvalue weighted by atomic mass is 10.1. The molecule has 0 saturated heterocycles. The molecule has 0 radical (unpaired) electrons. The number of nitrogens with zero attached hydrogens (tertiary/aromatic N) is 2. The van der Waals surface area contributed by atoms with Crippen LogP contribution in [0.1, 0.15) is 18.1 Å². The van der Waals surface area contributed by atoms with E-state index in [-0.39, 0.29) is 18.1 Å². The second-order valence-electron chi connectivity index (χ2n) is 7.80. The Morgan fingerprint density at radius 1 is 1.03 bits per heavy atom. The Morgan fingerprint density at radius 3 is 2.49 bits per heavy atom. The summed E-state index contributed by atoms with van der Waals surface area (Å²) in [5, 5.41) is 16.2. The van der Waals surface area contributed by atoms with Crippen LogP contribution in [-0.2, 0) is 16.0 Å². The lowest BCUT2D eigenvalue weighted by Gasteiger charge is -2.21. The third-order valence-corrected chi connectivity index (χ3v) is 5.60. The summed E-state index contributed by atoms with van der Waals surface area (Å²) in [5.41, 5.74) is 3.88. The Bertz CT molecular complexity index is 1300. The number of hydrogen-bond acceptors (Lipinski definition) is 6. The molecule has 0 fully saturated rings. The summed E-state index contributed by atoms with van der Waals surface area (Å²) in [7, 11) is 0. The van der Waals surface area contributed by atoms with Gasteiger partial charge in [0, 0.05) is 17.0 Å². The second-order valence-corrected chi connectivity index (χ2v) is 8.65. The fourth-order valence-corrected chi connectivity index (χ4v) is 3.69. The average Bonchev–Trinajstić information content (AvgIpc) is 2.89. The van der Waals surface area contributed by atoms with Crippen LogP contribution >= 0.6 is 23.2 Å². The van der Waals surface area contributed by atoms with Gasteiger partial charge in [0.25, 0.3) is 11.8 Å². The smallest absolute Gasteiger partial charge is 0.262 e. The van der Waals surface area contributed by atoms with Crippen molar-refractivity contribution in [1.29, 1.82) is 5.26 Å². The van der Waals surface area contributed by atoms with Crippen molar-refractivity contribution in [2.45, 2.75) is 25.5 Å². The Kier molecular flexibility index (Phi) is 10.3. The van der Waals surface area contributed by atoms with Gasteiger partial charge in [0.05, 0.1) is 11.2 Å². The SMILES string of the molecule is C[C@@H](Oc1ccc(Cl)cc1Cl)C(=O)N[C@H](Cc1ccccc1)C(=O)N/N=C\c1ccccc1OCC#N. The van der Waals surface area contributed by atoms with Gasteiger partial charge in [-0.2, -0.15) is 10.4 Å². The molecule has 10 heteroatoms. The van der Waals surface area contributed by atoms with Gasteiger partial charge in [-0.25, -0.2) is 5.43 Å². The molecule has 3 aromatic rings. The summed E-state index contributed by atoms with van der Waals surface area (Å²) in [6.07, 6.45) is 0.683. The molecular formula is C27H24Cl2N4O4. The van der Waals surface area contributed by atoms with Crippen molar-refractivity contribution in [3.05, 3.63) is 94.0 Å². The Hall–Kier alpha value is -4.06. The fraction of sp³-hybridized carbons (Fsp3) is 0.185. The predicted octanol–water partition coefficient (Wildman–Crippen LogP) is 4.54. The summed E-state index contributed by atoms with van der Waals surface area (Å²) < 4.78 is 11.0. The van der Waals surface area contributed by atoms with E-state index in [4.69, 9.17) is 37.9 Å². The summed E-state index contributed by atoms with van der Waals surface area (Å²) in [6.45, 7) is 1.43. The first-order valence-corrected chi connectivity index (χ1v) is 12.0. The molecule has 3 rings (SSSR count). The van der Waals surface area contributed by atoms with Gasteiger partial charge in [0.1, 0.15) is 23.6 Å². The van der Waals surface area contributed by atoms with Crippen LogP contribution in [-0.4, -0.2) is 36.8 Å². The number of ether oxygens (including phenoxy) is 2. The van der Waals surface area contributed by atoms with E-state index in [1.807, 2.05) is 36.4 Å². The lowest BCUT2D eigenvalue weighted by molar-refractivity contribution is -0.132. The van der Waals surface area contributed by atoms with Crippen molar-refractivity contribution in [2.75, 3.05) is 6.61 Å². The quantitative estimate of drug-likeness (QED) is 0.275. The van der Waals surface area contributed by atoms with Crippen molar-refractivity contribution >= 4 is 41.2 Å². The van der Waals surface area contributed by atoms with E-state index < -0.39 is 24.0 Å². The molecular weight excluding hydrogens is 515 g/mol. The maximum Gasteiger partial charge on any atom is 0.262 e. The first kappa shape index (κ1) is 27.5. The summed E-state index contributed by atoms with van der Waals surface area (Å²) in [6, 6.07) is 21.8. The maximum absolute atomic E-state index is 13.0. The van der Waals surface area contributed by atoms with Gasteiger partial charge < -0.3 is 14.8 Å². The van der Waals surface area contributed by atoms with Gasteiger partial charge in [0.15, 0.2) is 12.7 Å². The highest BCUT2D eigenvalue weighted by Crippen LogP contribution is 2.28. The van der Waals surface area contributed by atoms with Crippen LogP contribution in [0.4, 0.5) is 0 Å². The van der Waals surface area contributed by atoms with Crippen molar-refractivity contribution < 1.29 is 19.1 Å². The van der Waals surface area contributed by atoms with Crippen LogP contribution in [0.3, 0.4) is 0 Å². The highest BCUT2D eigenvalue weighted by atomic mass is 35.5. The zero-order valence-electron chi connectivity index (χ0n) is 19.9. The van der Waals surface area contributed by atoms with Gasteiger partial charge in [-0.3, -0.25) is 9.59 Å². The normalized spacial score (nSPS) is 12.3. The predicted molar refractivity (Wildman–Crippen MR) is 142 cm³/mol. The van der Waals surface area contributed by atoms with Crippen LogP contribution in [0.2, 0.25) is 10.0 Å². The van der Waals surface area contributed by atoms with E-state index in [0.717, 1.165) is 5.56 Å². The fourth-order valence-electron chi connectivity index (χ4n) is 3.23. The first-order chi connectivity index (χ1) is 17.9. The van der Waals surface area contributed by atoms with E-state index in [1.165, 1.54) is 12.3 Å². The summed E-state index contributed by atoms with van der Waals surface area (Å²) in [4.78, 5) is 25.9. The second kappa shape index (κ2) is 13.9. The first-order valence-electron chi connectivity index (χ1n) is 11.2. The molecule has 2 amide bonds. The number of rotatable bonds is 11. The molecule has 8 nitrogen and oxygen atoms in total. The Labute approximate surface area is 224 Å². The number of amides is 2. The van der Waals surface area contributed by atoms with Crippen LogP contribution in [0.5, 0.6) is 11.5 Å². The summed E-state index contributed by atoms with van der Waals surface area (Å²) in [5.74, 6) is -0.301. The number of carbonyl (C=O) groups excluding carboxylic acids is 2. The maximum atomic E-state index is 13.0. The van der Waals surface area contributed by atoms with E-state index in [0.29, 0.717) is 22.1 Å². The zero-order chi connectivity index (χ0) is 26.6. The monoisotopic (exact) mass is 538 g/mol. The van der Waals surface area contributed by atoms with E-state index in [2.05, 4.69) is 15.8 Å². The minimum Gasteiger partial charge on any atom is -0.479 e. The number of para-hydroxylation sites is 1. The van der Waals surface area contributed by atoms with Crippen LogP contribution in [0.15, 0.2) is 77.9 Å². The number of nitriles is 1. The number of halogens is 2. The van der Waals surface area contributed by atoms with Gasteiger partial charge in [0.2, 0.25) is 0 Å². The molecule has 37 heavy (non-hydrogen) atoms. The third kappa shape index (κ3) is 8.53. The molecule has 190 valence electrons. The van der Waals surface area contributed by atoms with Crippen LogP contribution in [0.25, 0.3) is 0 Å². The Balaban J connectivity index is 1.70. The number of hydrazone groups is 1. The van der Waals surface area contributed by atoms with Crippen molar-refractivity contribution in [3.8, 4) is 17.6 Å². The molecule has 0 heterocycles. The number of nitrogens with one attached hydrogen (secondary N) is 2. The van der Waals surface area contributed by atoms with Crippen molar-refractivity contribution in [1.82, 2.24) is 10.7 Å². The summed E-state index contributed by atoms with van der Waals surface area (Å²) >= 11 is 12.1. The molecule has 0 spiro atoms. The molecule has 0 aromatic heterocycles. The zero-order valence-corrected chi connectivity index (χ0v) is 21.4. The molecule has 0 aliphatic heterocycles. The minimum absolute atomic E-state index is 0.121. The average molecular weight is 539 g/mol. The largest absolute Gasteiger partial charge is 0.479 e. The molecule has 3 aromatic carbocycles. The third-order valence-electron chi connectivity index (χ3n) is 5.07. The van der Waals surface area contributed by atoms with E-state index >= 15 is 0 Å². The van der Waals surface area contributed by atoms with Crippen molar-refractivity contribution in [2.24, 2.45) is 5.10 Å². The molecule has 0 bridgehead atoms. The van der Waals surface area contributed by atoms with Gasteiger partial charge in [-0.05, 0) is 42.8 Å². The molecule has 2 atom stereocenters. The number of carbonyl (C=O) groups is 2. The standard InChI is InChI=1S/C27H24Cl2N4O4/c1-18(37-25-12-11-21(28)16-22(25)29)26(34)32-23(15-19-7-3-2-4-8-19)27(35)33-31-17-20-9-5-6-10-24(20)36-14-13-30/h2-12,16-18,23H,14-15H2,1H3,(H,32,34)(H,33,35)/b31-17-/t18-,23-/m1/s1. The van der Waals surface area contributed by atoms with Crippen LogP contribution in [0, 0.1) is 11.3 Å². The number of benzene rings is 3. The van der Waals surface area contributed by atoms with Gasteiger partial charge in [-0.1, -0.05) is 65.7 Å². The van der Waals surface area contributed by atoms with E-state index in [1.54, 1.807) is 43.3 Å². The molecule has 2 N–H and O–H groups in total. The highest BCUT2D eigenvalue weighted by Gasteiger charge is 2.25. The van der Waals surface area contributed by atoms with Crippen molar-refractivity contribution in [3.63, 3.8) is 0 Å². The topological polar surface area (TPSA) is 113 Å². The highest BCUT2D eigenvalue weighted by molar-refractivity contribution is 6.35. The minimum atomic E-state index is -0.947. The van der Waals surface area contributed by atoms with Crippen LogP contribution < -0.4 is 20.2 Å².